The number of rotatable bonds is 6. The molecular weight excluding hydrogens is 202 g/mol. The van der Waals surface area contributed by atoms with Gasteiger partial charge < -0.3 is 9.47 Å². The fourth-order valence-electron chi connectivity index (χ4n) is 2.84. The highest BCUT2D eigenvalue weighted by Crippen LogP contribution is 2.49. The predicted molar refractivity (Wildman–Crippen MR) is 60.9 cm³/mol. The summed E-state index contributed by atoms with van der Waals surface area (Å²) in [4.78, 5) is 0. The first-order valence-corrected chi connectivity index (χ1v) is 6.45. The van der Waals surface area contributed by atoms with Crippen LogP contribution in [0.4, 0.5) is 0 Å². The minimum atomic E-state index is -0.241. The molecule has 3 heteroatoms. The van der Waals surface area contributed by atoms with Crippen molar-refractivity contribution in [3.8, 4) is 6.07 Å². The van der Waals surface area contributed by atoms with Crippen LogP contribution in [0.3, 0.4) is 0 Å². The first kappa shape index (κ1) is 11.9. The molecule has 0 amide bonds. The lowest BCUT2D eigenvalue weighted by molar-refractivity contribution is 0.0553. The van der Waals surface area contributed by atoms with E-state index in [-0.39, 0.29) is 11.5 Å². The number of fused-ring (bicyclic) bond motifs is 2. The van der Waals surface area contributed by atoms with Gasteiger partial charge in [0.15, 0.2) is 0 Å². The summed E-state index contributed by atoms with van der Waals surface area (Å²) in [6.07, 6.45) is 6.77. The molecule has 90 valence electrons. The van der Waals surface area contributed by atoms with Crippen LogP contribution >= 0.6 is 0 Å². The van der Waals surface area contributed by atoms with Crippen LogP contribution in [-0.4, -0.2) is 25.4 Å². The number of nitrogens with zero attached hydrogens (tertiary/aromatic N) is 1. The quantitative estimate of drug-likeness (QED) is 0.650. The first-order chi connectivity index (χ1) is 7.80. The SMILES string of the molecule is CCCCOCCC1(C#N)CC2CCC1O2. The summed E-state index contributed by atoms with van der Waals surface area (Å²) in [6, 6.07) is 2.49. The molecule has 2 saturated heterocycles. The molecule has 3 atom stereocenters. The average Bonchev–Trinajstić information content (AvgIpc) is 2.89. The van der Waals surface area contributed by atoms with E-state index in [0.717, 1.165) is 45.1 Å². The van der Waals surface area contributed by atoms with Crippen LogP contribution in [-0.2, 0) is 9.47 Å². The Hall–Kier alpha value is -0.590. The Morgan fingerprint density at radius 3 is 2.88 bits per heavy atom. The lowest BCUT2D eigenvalue weighted by atomic mass is 9.73. The number of nitriles is 1. The van der Waals surface area contributed by atoms with Crippen molar-refractivity contribution in [2.24, 2.45) is 5.41 Å². The summed E-state index contributed by atoms with van der Waals surface area (Å²) >= 11 is 0. The van der Waals surface area contributed by atoms with Crippen LogP contribution in [0, 0.1) is 16.7 Å². The molecule has 3 unspecified atom stereocenters. The second-order valence-electron chi connectivity index (χ2n) is 5.01. The van der Waals surface area contributed by atoms with Gasteiger partial charge in [0.1, 0.15) is 0 Å². The highest BCUT2D eigenvalue weighted by Gasteiger charge is 2.52. The van der Waals surface area contributed by atoms with Crippen molar-refractivity contribution in [2.75, 3.05) is 13.2 Å². The van der Waals surface area contributed by atoms with Crippen molar-refractivity contribution < 1.29 is 9.47 Å². The monoisotopic (exact) mass is 223 g/mol. The highest BCUT2D eigenvalue weighted by molar-refractivity contribution is 5.12. The summed E-state index contributed by atoms with van der Waals surface area (Å²) in [5.74, 6) is 0. The standard InChI is InChI=1S/C13H21NO2/c1-2-3-7-15-8-6-13(10-14)9-11-4-5-12(13)16-11/h11-12H,2-9H2,1H3. The van der Waals surface area contributed by atoms with Crippen LogP contribution in [0.15, 0.2) is 0 Å². The second kappa shape index (κ2) is 5.16. The maximum atomic E-state index is 9.36. The lowest BCUT2D eigenvalue weighted by Crippen LogP contribution is -2.32. The van der Waals surface area contributed by atoms with Crippen molar-refractivity contribution in [1.82, 2.24) is 0 Å². The van der Waals surface area contributed by atoms with E-state index >= 15 is 0 Å². The molecular formula is C13H21NO2. The molecule has 3 nitrogen and oxygen atoms in total. The zero-order valence-corrected chi connectivity index (χ0v) is 10.1. The van der Waals surface area contributed by atoms with Gasteiger partial charge in [0, 0.05) is 13.2 Å². The molecule has 2 fully saturated rings. The van der Waals surface area contributed by atoms with Crippen LogP contribution in [0.2, 0.25) is 0 Å². The van der Waals surface area contributed by atoms with E-state index in [1.807, 2.05) is 0 Å². The van der Waals surface area contributed by atoms with E-state index in [0.29, 0.717) is 12.7 Å². The highest BCUT2D eigenvalue weighted by atomic mass is 16.5. The Kier molecular flexibility index (Phi) is 3.83. The van der Waals surface area contributed by atoms with Gasteiger partial charge >= 0.3 is 0 Å². The Balaban J connectivity index is 1.76. The third kappa shape index (κ3) is 2.23. The second-order valence-corrected chi connectivity index (χ2v) is 5.01. The molecule has 2 bridgehead atoms. The molecule has 0 spiro atoms. The topological polar surface area (TPSA) is 42.2 Å². The molecule has 2 aliphatic rings. The third-order valence-corrected chi connectivity index (χ3v) is 3.87. The third-order valence-electron chi connectivity index (χ3n) is 3.87. The van der Waals surface area contributed by atoms with Gasteiger partial charge in [0.05, 0.1) is 23.7 Å². The minimum Gasteiger partial charge on any atom is -0.381 e. The van der Waals surface area contributed by atoms with Gasteiger partial charge in [-0.1, -0.05) is 13.3 Å². The van der Waals surface area contributed by atoms with Crippen molar-refractivity contribution in [3.05, 3.63) is 0 Å². The van der Waals surface area contributed by atoms with Gasteiger partial charge in [-0.2, -0.15) is 5.26 Å². The molecule has 0 N–H and O–H groups in total. The van der Waals surface area contributed by atoms with Gasteiger partial charge in [0.25, 0.3) is 0 Å². The van der Waals surface area contributed by atoms with Gasteiger partial charge in [-0.05, 0) is 32.1 Å². The number of ether oxygens (including phenoxy) is 2. The zero-order valence-electron chi connectivity index (χ0n) is 10.1. The number of hydrogen-bond donors (Lipinski definition) is 0. The first-order valence-electron chi connectivity index (χ1n) is 6.45. The summed E-state index contributed by atoms with van der Waals surface area (Å²) in [7, 11) is 0. The Morgan fingerprint density at radius 2 is 2.31 bits per heavy atom. The van der Waals surface area contributed by atoms with Gasteiger partial charge in [-0.25, -0.2) is 0 Å². The molecule has 0 saturated carbocycles. The minimum absolute atomic E-state index is 0.178. The molecule has 0 aromatic carbocycles. The van der Waals surface area contributed by atoms with E-state index in [9.17, 15) is 5.26 Å². The molecule has 0 aromatic rings. The molecule has 0 aliphatic carbocycles. The van der Waals surface area contributed by atoms with Gasteiger partial charge in [-0.15, -0.1) is 0 Å². The largest absolute Gasteiger partial charge is 0.381 e. The van der Waals surface area contributed by atoms with Crippen LogP contribution in [0.5, 0.6) is 0 Å². The predicted octanol–water partition coefficient (Wildman–Crippen LogP) is 2.65. The number of unbranched alkanes of at least 4 members (excludes halogenated alkanes) is 1. The summed E-state index contributed by atoms with van der Waals surface area (Å²) in [5.41, 5.74) is -0.241. The van der Waals surface area contributed by atoms with Gasteiger partial charge in [0.2, 0.25) is 0 Å². The van der Waals surface area contributed by atoms with Crippen LogP contribution in [0.25, 0.3) is 0 Å². The molecule has 0 radical (unpaired) electrons. The van der Waals surface area contributed by atoms with Crippen LogP contribution in [0.1, 0.15) is 45.4 Å². The van der Waals surface area contributed by atoms with E-state index in [4.69, 9.17) is 9.47 Å². The van der Waals surface area contributed by atoms with E-state index in [2.05, 4.69) is 13.0 Å². The molecule has 16 heavy (non-hydrogen) atoms. The summed E-state index contributed by atoms with van der Waals surface area (Å²) < 4.78 is 11.3. The molecule has 2 rings (SSSR count). The molecule has 2 heterocycles. The lowest BCUT2D eigenvalue weighted by Gasteiger charge is -2.27. The normalized spacial score (nSPS) is 36.5. The fraction of sp³-hybridized carbons (Fsp3) is 0.923. The van der Waals surface area contributed by atoms with Crippen LogP contribution < -0.4 is 0 Å². The molecule has 0 aromatic heterocycles. The van der Waals surface area contributed by atoms with E-state index in [1.165, 1.54) is 0 Å². The summed E-state index contributed by atoms with van der Waals surface area (Å²) in [5, 5.41) is 9.36. The maximum absolute atomic E-state index is 9.36. The average molecular weight is 223 g/mol. The Morgan fingerprint density at radius 1 is 1.44 bits per heavy atom. The van der Waals surface area contributed by atoms with E-state index < -0.39 is 0 Å². The van der Waals surface area contributed by atoms with Crippen molar-refractivity contribution >= 4 is 0 Å². The maximum Gasteiger partial charge on any atom is 0.0881 e. The zero-order chi connectivity index (χ0) is 11.4. The van der Waals surface area contributed by atoms with E-state index in [1.54, 1.807) is 0 Å². The van der Waals surface area contributed by atoms with Crippen molar-refractivity contribution in [1.29, 1.82) is 5.26 Å². The van der Waals surface area contributed by atoms with Crippen molar-refractivity contribution in [2.45, 2.75) is 57.7 Å². The molecule has 2 aliphatic heterocycles. The summed E-state index contributed by atoms with van der Waals surface area (Å²) in [6.45, 7) is 3.69. The Bertz CT molecular complexity index is 274. The van der Waals surface area contributed by atoms with Gasteiger partial charge in [-0.3, -0.25) is 0 Å². The fourth-order valence-corrected chi connectivity index (χ4v) is 2.84. The Labute approximate surface area is 97.7 Å². The number of hydrogen-bond acceptors (Lipinski definition) is 3. The smallest absolute Gasteiger partial charge is 0.0881 e. The van der Waals surface area contributed by atoms with Crippen molar-refractivity contribution in [3.63, 3.8) is 0 Å².